The van der Waals surface area contributed by atoms with Gasteiger partial charge in [0.15, 0.2) is 0 Å². The monoisotopic (exact) mass is 204 g/mol. The number of amides is 2. The van der Waals surface area contributed by atoms with Gasteiger partial charge in [0.25, 0.3) is 0 Å². The Labute approximate surface area is 82.6 Å². The zero-order chi connectivity index (χ0) is 11.0. The highest BCUT2D eigenvalue weighted by molar-refractivity contribution is 5.82. The molecule has 0 saturated carbocycles. The second-order valence-electron chi connectivity index (χ2n) is 2.94. The normalized spacial score (nSPS) is 9.71. The summed E-state index contributed by atoms with van der Waals surface area (Å²) in [5, 5.41) is 13.2. The molecule has 0 aromatic carbocycles. The maximum atomic E-state index is 11.0. The van der Waals surface area contributed by atoms with Gasteiger partial charge in [0.2, 0.25) is 5.91 Å². The van der Waals surface area contributed by atoms with Gasteiger partial charge in [-0.3, -0.25) is 4.79 Å². The van der Waals surface area contributed by atoms with Gasteiger partial charge in [0, 0.05) is 6.04 Å². The number of hydrogen-bond acceptors (Lipinski definition) is 4. The summed E-state index contributed by atoms with van der Waals surface area (Å²) in [4.78, 5) is 21.8. The molecule has 6 heteroatoms. The lowest BCUT2D eigenvalue weighted by molar-refractivity contribution is -0.120. The predicted molar refractivity (Wildman–Crippen MR) is 49.7 cm³/mol. The number of nitrogens with one attached hydrogen (secondary N) is 2. The first kappa shape index (κ1) is 12.7. The van der Waals surface area contributed by atoms with Crippen molar-refractivity contribution in [3.8, 4) is 0 Å². The van der Waals surface area contributed by atoms with Crippen molar-refractivity contribution in [3.05, 3.63) is 0 Å². The number of carbonyl (C=O) groups is 2. The van der Waals surface area contributed by atoms with Gasteiger partial charge < -0.3 is 20.5 Å². The van der Waals surface area contributed by atoms with E-state index < -0.39 is 6.09 Å². The quantitative estimate of drug-likeness (QED) is 0.548. The van der Waals surface area contributed by atoms with Crippen LogP contribution in [-0.4, -0.2) is 42.9 Å². The van der Waals surface area contributed by atoms with Crippen molar-refractivity contribution in [2.75, 3.05) is 19.8 Å². The second-order valence-corrected chi connectivity index (χ2v) is 2.94. The summed E-state index contributed by atoms with van der Waals surface area (Å²) in [7, 11) is 0. The SMILES string of the molecule is CC(C)NC(=O)CNC(=O)OCCO. The van der Waals surface area contributed by atoms with Crippen LogP contribution in [0, 0.1) is 0 Å². The van der Waals surface area contributed by atoms with Crippen LogP contribution >= 0.6 is 0 Å². The highest BCUT2D eigenvalue weighted by Gasteiger charge is 2.06. The molecule has 0 radical (unpaired) electrons. The fraction of sp³-hybridized carbons (Fsp3) is 0.750. The van der Waals surface area contributed by atoms with E-state index in [0.29, 0.717) is 0 Å². The summed E-state index contributed by atoms with van der Waals surface area (Å²) in [5.74, 6) is -0.277. The minimum absolute atomic E-state index is 0.0396. The number of carbonyl (C=O) groups excluding carboxylic acids is 2. The molecule has 0 atom stereocenters. The summed E-state index contributed by atoms with van der Waals surface area (Å²) in [6, 6.07) is 0.0396. The van der Waals surface area contributed by atoms with Crippen LogP contribution in [0.25, 0.3) is 0 Å². The molecule has 0 aliphatic rings. The highest BCUT2D eigenvalue weighted by atomic mass is 16.6. The Balaban J connectivity index is 3.51. The van der Waals surface area contributed by atoms with Gasteiger partial charge in [-0.05, 0) is 13.8 Å². The van der Waals surface area contributed by atoms with Crippen LogP contribution in [0.4, 0.5) is 4.79 Å². The van der Waals surface area contributed by atoms with E-state index in [1.54, 1.807) is 0 Å². The lowest BCUT2D eigenvalue weighted by atomic mass is 10.4. The molecule has 82 valence electrons. The fourth-order valence-corrected chi connectivity index (χ4v) is 0.715. The molecule has 0 fully saturated rings. The van der Waals surface area contributed by atoms with Gasteiger partial charge in [-0.15, -0.1) is 0 Å². The molecule has 0 aromatic heterocycles. The lowest BCUT2D eigenvalue weighted by Gasteiger charge is -2.09. The average Bonchev–Trinajstić information content (AvgIpc) is 2.10. The maximum Gasteiger partial charge on any atom is 0.407 e. The number of aliphatic hydroxyl groups is 1. The Morgan fingerprint density at radius 3 is 2.57 bits per heavy atom. The maximum absolute atomic E-state index is 11.0. The van der Waals surface area contributed by atoms with Crippen molar-refractivity contribution in [2.45, 2.75) is 19.9 Å². The summed E-state index contributed by atoms with van der Waals surface area (Å²) < 4.78 is 4.47. The molecule has 0 spiro atoms. The van der Waals surface area contributed by atoms with E-state index in [2.05, 4.69) is 15.4 Å². The van der Waals surface area contributed by atoms with Crippen LogP contribution in [0.2, 0.25) is 0 Å². The molecule has 0 heterocycles. The van der Waals surface area contributed by atoms with Crippen molar-refractivity contribution >= 4 is 12.0 Å². The number of aliphatic hydroxyl groups excluding tert-OH is 1. The highest BCUT2D eigenvalue weighted by Crippen LogP contribution is 1.78. The van der Waals surface area contributed by atoms with E-state index in [1.165, 1.54) is 0 Å². The van der Waals surface area contributed by atoms with Gasteiger partial charge in [0.1, 0.15) is 13.2 Å². The molecule has 3 N–H and O–H groups in total. The second kappa shape index (κ2) is 7.14. The molecule has 6 nitrogen and oxygen atoms in total. The first-order valence-corrected chi connectivity index (χ1v) is 4.37. The van der Waals surface area contributed by atoms with E-state index >= 15 is 0 Å². The number of ether oxygens (including phenoxy) is 1. The first-order chi connectivity index (χ1) is 6.56. The van der Waals surface area contributed by atoms with Gasteiger partial charge >= 0.3 is 6.09 Å². The van der Waals surface area contributed by atoms with Crippen molar-refractivity contribution in [3.63, 3.8) is 0 Å². The predicted octanol–water partition coefficient (Wildman–Crippen LogP) is -0.770. The molecule has 0 aromatic rings. The Kier molecular flexibility index (Phi) is 6.47. The summed E-state index contributed by atoms with van der Waals surface area (Å²) in [6.45, 7) is 3.22. The van der Waals surface area contributed by atoms with E-state index in [4.69, 9.17) is 5.11 Å². The van der Waals surface area contributed by atoms with Crippen LogP contribution in [-0.2, 0) is 9.53 Å². The van der Waals surface area contributed by atoms with Crippen molar-refractivity contribution in [1.82, 2.24) is 10.6 Å². The van der Waals surface area contributed by atoms with Gasteiger partial charge in [-0.2, -0.15) is 0 Å². The van der Waals surface area contributed by atoms with E-state index in [-0.39, 0.29) is 31.7 Å². The fourth-order valence-electron chi connectivity index (χ4n) is 0.715. The van der Waals surface area contributed by atoms with Gasteiger partial charge in [-0.25, -0.2) is 4.79 Å². The standard InChI is InChI=1S/C8H16N2O4/c1-6(2)10-7(12)5-9-8(13)14-4-3-11/h6,11H,3-5H2,1-2H3,(H,9,13)(H,10,12). The number of hydrogen-bond donors (Lipinski definition) is 3. The number of rotatable bonds is 5. The van der Waals surface area contributed by atoms with Crippen LogP contribution < -0.4 is 10.6 Å². The van der Waals surface area contributed by atoms with E-state index in [1.807, 2.05) is 13.8 Å². The summed E-state index contributed by atoms with van der Waals surface area (Å²) >= 11 is 0. The van der Waals surface area contributed by atoms with Gasteiger partial charge in [0.05, 0.1) is 6.61 Å². The molecule has 0 aliphatic carbocycles. The Morgan fingerprint density at radius 2 is 2.07 bits per heavy atom. The third-order valence-corrected chi connectivity index (χ3v) is 1.17. The molecule has 0 saturated heterocycles. The Morgan fingerprint density at radius 1 is 1.43 bits per heavy atom. The topological polar surface area (TPSA) is 87.7 Å². The van der Waals surface area contributed by atoms with E-state index in [9.17, 15) is 9.59 Å². The zero-order valence-electron chi connectivity index (χ0n) is 8.37. The smallest absolute Gasteiger partial charge is 0.407 e. The zero-order valence-corrected chi connectivity index (χ0v) is 8.37. The lowest BCUT2D eigenvalue weighted by Crippen LogP contribution is -2.40. The number of alkyl carbamates (subject to hydrolysis) is 1. The van der Waals surface area contributed by atoms with Crippen molar-refractivity contribution in [1.29, 1.82) is 0 Å². The Hall–Kier alpha value is -1.30. The minimum atomic E-state index is -0.710. The van der Waals surface area contributed by atoms with Crippen LogP contribution in [0.5, 0.6) is 0 Å². The molecule has 0 bridgehead atoms. The van der Waals surface area contributed by atoms with Crippen LogP contribution in [0.1, 0.15) is 13.8 Å². The summed E-state index contributed by atoms with van der Waals surface area (Å²) in [5.41, 5.74) is 0. The molecular formula is C8H16N2O4. The molecule has 14 heavy (non-hydrogen) atoms. The van der Waals surface area contributed by atoms with E-state index in [0.717, 1.165) is 0 Å². The van der Waals surface area contributed by atoms with Crippen molar-refractivity contribution < 1.29 is 19.4 Å². The molecular weight excluding hydrogens is 188 g/mol. The van der Waals surface area contributed by atoms with Crippen LogP contribution in [0.3, 0.4) is 0 Å². The molecule has 2 amide bonds. The molecule has 0 aliphatic heterocycles. The van der Waals surface area contributed by atoms with Crippen molar-refractivity contribution in [2.24, 2.45) is 0 Å². The van der Waals surface area contributed by atoms with Crippen LogP contribution in [0.15, 0.2) is 0 Å². The third kappa shape index (κ3) is 7.35. The minimum Gasteiger partial charge on any atom is -0.447 e. The summed E-state index contributed by atoms with van der Waals surface area (Å²) in [6.07, 6.45) is -0.710. The van der Waals surface area contributed by atoms with Gasteiger partial charge in [-0.1, -0.05) is 0 Å². The Bertz CT molecular complexity index is 194. The molecule has 0 unspecified atom stereocenters. The average molecular weight is 204 g/mol. The first-order valence-electron chi connectivity index (χ1n) is 4.37. The largest absolute Gasteiger partial charge is 0.447 e. The third-order valence-electron chi connectivity index (χ3n) is 1.17. The molecule has 0 rings (SSSR count).